The van der Waals surface area contributed by atoms with E-state index in [0.717, 1.165) is 4.47 Å². The minimum atomic E-state index is 0.572. The lowest BCUT2D eigenvalue weighted by molar-refractivity contribution is 0.374. The van der Waals surface area contributed by atoms with E-state index in [2.05, 4.69) is 88.8 Å². The molecule has 1 fully saturated rings. The van der Waals surface area contributed by atoms with Crippen LogP contribution in [0.15, 0.2) is 53.0 Å². The molecule has 3 rings (SSSR count). The molecular weight excluding hydrogens is 324 g/mol. The van der Waals surface area contributed by atoms with Crippen molar-refractivity contribution < 1.29 is 0 Å². The smallest absolute Gasteiger partial charge is 0.0597 e. The molecule has 2 aromatic rings. The number of nitrogens with one attached hydrogen (secondary N) is 1. The van der Waals surface area contributed by atoms with Crippen molar-refractivity contribution in [3.05, 3.63) is 58.6 Å². The van der Waals surface area contributed by atoms with E-state index in [1.807, 2.05) is 0 Å². The average molecular weight is 345 g/mol. The van der Waals surface area contributed by atoms with E-state index in [4.69, 9.17) is 0 Å². The fraction of sp³-hybridized carbons (Fsp3) is 0.333. The maximum Gasteiger partial charge on any atom is 0.0597 e. The monoisotopic (exact) mass is 344 g/mol. The molecule has 0 saturated heterocycles. The van der Waals surface area contributed by atoms with Gasteiger partial charge in [0.2, 0.25) is 0 Å². The van der Waals surface area contributed by atoms with Crippen LogP contribution in [0.25, 0.3) is 0 Å². The Balaban J connectivity index is 1.66. The van der Waals surface area contributed by atoms with Crippen molar-refractivity contribution >= 4 is 27.3 Å². The summed E-state index contributed by atoms with van der Waals surface area (Å²) in [5.74, 6) is 0.707. The van der Waals surface area contributed by atoms with Crippen LogP contribution in [0.2, 0.25) is 0 Å². The van der Waals surface area contributed by atoms with Crippen molar-refractivity contribution in [3.8, 4) is 0 Å². The van der Waals surface area contributed by atoms with Crippen LogP contribution in [-0.2, 0) is 0 Å². The highest BCUT2D eigenvalue weighted by Crippen LogP contribution is 2.40. The highest BCUT2D eigenvalue weighted by molar-refractivity contribution is 9.10. The van der Waals surface area contributed by atoms with Crippen LogP contribution in [-0.4, -0.2) is 20.1 Å². The maximum atomic E-state index is 3.70. The predicted octanol–water partition coefficient (Wildman–Crippen LogP) is 4.87. The molecule has 0 bridgehead atoms. The van der Waals surface area contributed by atoms with Crippen molar-refractivity contribution in [1.29, 1.82) is 0 Å². The number of rotatable bonds is 4. The Morgan fingerprint density at radius 2 is 1.76 bits per heavy atom. The van der Waals surface area contributed by atoms with Crippen LogP contribution in [0.4, 0.5) is 11.4 Å². The molecular formula is C18H21BrN2. The summed E-state index contributed by atoms with van der Waals surface area (Å²) in [5, 5.41) is 3.70. The molecule has 0 heterocycles. The lowest BCUT2D eigenvalue weighted by Crippen LogP contribution is -2.34. The Morgan fingerprint density at radius 1 is 1.05 bits per heavy atom. The van der Waals surface area contributed by atoms with Gasteiger partial charge < -0.3 is 10.2 Å². The van der Waals surface area contributed by atoms with E-state index in [0.29, 0.717) is 12.0 Å². The second kappa shape index (κ2) is 6.10. The van der Waals surface area contributed by atoms with E-state index in [1.165, 1.54) is 29.8 Å². The Morgan fingerprint density at radius 3 is 2.43 bits per heavy atom. The van der Waals surface area contributed by atoms with Crippen molar-refractivity contribution in [2.75, 3.05) is 24.3 Å². The zero-order chi connectivity index (χ0) is 14.8. The van der Waals surface area contributed by atoms with Crippen LogP contribution in [0, 0.1) is 0 Å². The molecule has 0 radical (unpaired) electrons. The summed E-state index contributed by atoms with van der Waals surface area (Å²) in [6.07, 6.45) is 2.42. The first-order valence-corrected chi connectivity index (χ1v) is 8.21. The SMILES string of the molecule is CN(C)c1ccc(Br)cc1NC1CC(c2ccccc2)C1. The number of halogens is 1. The fourth-order valence-corrected chi connectivity index (χ4v) is 3.33. The third kappa shape index (κ3) is 3.24. The van der Waals surface area contributed by atoms with Gasteiger partial charge in [-0.15, -0.1) is 0 Å². The summed E-state index contributed by atoms with van der Waals surface area (Å²) >= 11 is 3.57. The normalized spacial score (nSPS) is 20.7. The molecule has 2 aromatic carbocycles. The van der Waals surface area contributed by atoms with Crippen LogP contribution < -0.4 is 10.2 Å². The molecule has 0 amide bonds. The molecule has 0 aromatic heterocycles. The molecule has 1 aliphatic carbocycles. The van der Waals surface area contributed by atoms with Gasteiger partial charge in [0.15, 0.2) is 0 Å². The summed E-state index contributed by atoms with van der Waals surface area (Å²) in [7, 11) is 4.17. The Labute approximate surface area is 135 Å². The zero-order valence-corrected chi connectivity index (χ0v) is 14.1. The van der Waals surface area contributed by atoms with E-state index in [1.54, 1.807) is 0 Å². The highest BCUT2D eigenvalue weighted by atomic mass is 79.9. The van der Waals surface area contributed by atoms with Gasteiger partial charge in [-0.05, 0) is 42.5 Å². The largest absolute Gasteiger partial charge is 0.381 e. The Hall–Kier alpha value is -1.48. The van der Waals surface area contributed by atoms with Crippen LogP contribution in [0.3, 0.4) is 0 Å². The molecule has 2 nitrogen and oxygen atoms in total. The third-order valence-electron chi connectivity index (χ3n) is 4.21. The Bertz CT molecular complexity index is 604. The molecule has 0 atom stereocenters. The van der Waals surface area contributed by atoms with Crippen molar-refractivity contribution in [1.82, 2.24) is 0 Å². The summed E-state index contributed by atoms with van der Waals surface area (Å²) in [5.41, 5.74) is 3.92. The molecule has 1 N–H and O–H groups in total. The molecule has 1 aliphatic rings. The first kappa shape index (κ1) is 14.5. The second-order valence-electron chi connectivity index (χ2n) is 5.98. The minimum absolute atomic E-state index is 0.572. The standard InChI is InChI=1S/C18H21BrN2/c1-21(2)18-9-8-15(19)12-17(18)20-16-10-14(11-16)13-6-4-3-5-7-13/h3-9,12,14,16,20H,10-11H2,1-2H3. The number of hydrogen-bond acceptors (Lipinski definition) is 2. The molecule has 0 aliphatic heterocycles. The van der Waals surface area contributed by atoms with Gasteiger partial charge in [0.25, 0.3) is 0 Å². The zero-order valence-electron chi connectivity index (χ0n) is 12.5. The first-order valence-electron chi connectivity index (χ1n) is 7.42. The topological polar surface area (TPSA) is 15.3 Å². The van der Waals surface area contributed by atoms with Gasteiger partial charge in [0, 0.05) is 24.6 Å². The number of anilines is 2. The third-order valence-corrected chi connectivity index (χ3v) is 4.70. The second-order valence-corrected chi connectivity index (χ2v) is 6.89. The van der Waals surface area contributed by atoms with Gasteiger partial charge in [0.05, 0.1) is 11.4 Å². The van der Waals surface area contributed by atoms with E-state index >= 15 is 0 Å². The van der Waals surface area contributed by atoms with E-state index < -0.39 is 0 Å². The minimum Gasteiger partial charge on any atom is -0.381 e. The van der Waals surface area contributed by atoms with Gasteiger partial charge in [-0.25, -0.2) is 0 Å². The maximum absolute atomic E-state index is 3.70. The quantitative estimate of drug-likeness (QED) is 0.850. The molecule has 3 heteroatoms. The first-order chi connectivity index (χ1) is 10.1. The molecule has 21 heavy (non-hydrogen) atoms. The predicted molar refractivity (Wildman–Crippen MR) is 94.3 cm³/mol. The van der Waals surface area contributed by atoms with Gasteiger partial charge in [-0.3, -0.25) is 0 Å². The van der Waals surface area contributed by atoms with Gasteiger partial charge in [0.1, 0.15) is 0 Å². The molecule has 110 valence electrons. The number of nitrogens with zero attached hydrogens (tertiary/aromatic N) is 1. The number of benzene rings is 2. The van der Waals surface area contributed by atoms with Gasteiger partial charge in [-0.2, -0.15) is 0 Å². The highest BCUT2D eigenvalue weighted by Gasteiger charge is 2.30. The number of hydrogen-bond donors (Lipinski definition) is 1. The van der Waals surface area contributed by atoms with Crippen LogP contribution >= 0.6 is 15.9 Å². The van der Waals surface area contributed by atoms with E-state index in [9.17, 15) is 0 Å². The molecule has 1 saturated carbocycles. The van der Waals surface area contributed by atoms with Crippen molar-refractivity contribution in [2.24, 2.45) is 0 Å². The average Bonchev–Trinajstić information content (AvgIpc) is 2.43. The lowest BCUT2D eigenvalue weighted by atomic mass is 9.76. The molecule has 0 spiro atoms. The van der Waals surface area contributed by atoms with Crippen LogP contribution in [0.1, 0.15) is 24.3 Å². The van der Waals surface area contributed by atoms with Crippen molar-refractivity contribution in [3.63, 3.8) is 0 Å². The van der Waals surface area contributed by atoms with Crippen molar-refractivity contribution in [2.45, 2.75) is 24.8 Å². The van der Waals surface area contributed by atoms with E-state index in [-0.39, 0.29) is 0 Å². The Kier molecular flexibility index (Phi) is 4.20. The van der Waals surface area contributed by atoms with Gasteiger partial charge >= 0.3 is 0 Å². The van der Waals surface area contributed by atoms with Crippen LogP contribution in [0.5, 0.6) is 0 Å². The fourth-order valence-electron chi connectivity index (χ4n) is 2.97. The summed E-state index contributed by atoms with van der Waals surface area (Å²) in [4.78, 5) is 2.15. The molecule has 0 unspecified atom stereocenters. The van der Waals surface area contributed by atoms with Gasteiger partial charge in [-0.1, -0.05) is 46.3 Å². The summed E-state index contributed by atoms with van der Waals surface area (Å²) in [6, 6.07) is 17.8. The lowest BCUT2D eigenvalue weighted by Gasteiger charge is -2.37. The summed E-state index contributed by atoms with van der Waals surface area (Å²) in [6.45, 7) is 0. The summed E-state index contributed by atoms with van der Waals surface area (Å²) < 4.78 is 1.12.